The molecule has 0 aromatic carbocycles. The normalized spacial score (nSPS) is 19.6. The number of nitrogens with zero attached hydrogens (tertiary/aromatic N) is 1. The Labute approximate surface area is 98.4 Å². The second kappa shape index (κ2) is 4.57. The van der Waals surface area contributed by atoms with Crippen LogP contribution in [-0.4, -0.2) is 23.5 Å². The van der Waals surface area contributed by atoms with Crippen LogP contribution in [0.1, 0.15) is 12.8 Å². The number of halogens is 1. The van der Waals surface area contributed by atoms with E-state index in [1.165, 1.54) is 0 Å². The number of anilines is 2. The van der Waals surface area contributed by atoms with Gasteiger partial charge in [-0.1, -0.05) is 11.6 Å². The molecule has 4 N–H and O–H groups in total. The Hall–Kier alpha value is -1.49. The lowest BCUT2D eigenvalue weighted by molar-refractivity contribution is -0.119. The Morgan fingerprint density at radius 3 is 3.12 bits per heavy atom. The van der Waals surface area contributed by atoms with Crippen molar-refractivity contribution >= 4 is 29.0 Å². The zero-order valence-electron chi connectivity index (χ0n) is 8.66. The molecular formula is C10H13ClN4O. The molecule has 0 aliphatic carbocycles. The molecule has 6 heteroatoms. The standard InChI is InChI=1S/C10H13ClN4O/c11-8-3-6(12)4-13-10(8)14-5-7-1-2-9(16)15-7/h3-4,7H,1-2,5,12H2,(H,13,14)(H,15,16). The van der Waals surface area contributed by atoms with Gasteiger partial charge >= 0.3 is 0 Å². The lowest BCUT2D eigenvalue weighted by Gasteiger charge is -2.12. The minimum absolute atomic E-state index is 0.100. The third-order valence-electron chi connectivity index (χ3n) is 2.46. The number of nitrogens with one attached hydrogen (secondary N) is 2. The van der Waals surface area contributed by atoms with Gasteiger partial charge in [-0.2, -0.15) is 0 Å². The van der Waals surface area contributed by atoms with Gasteiger partial charge in [-0.15, -0.1) is 0 Å². The lowest BCUT2D eigenvalue weighted by atomic mass is 10.2. The highest BCUT2D eigenvalue weighted by atomic mass is 35.5. The molecule has 1 aromatic heterocycles. The molecule has 1 atom stereocenters. The molecule has 1 unspecified atom stereocenters. The van der Waals surface area contributed by atoms with Crippen LogP contribution in [0.4, 0.5) is 11.5 Å². The van der Waals surface area contributed by atoms with E-state index in [0.717, 1.165) is 6.42 Å². The summed E-state index contributed by atoms with van der Waals surface area (Å²) in [5.74, 6) is 0.695. The Balaban J connectivity index is 1.92. The summed E-state index contributed by atoms with van der Waals surface area (Å²) in [5.41, 5.74) is 6.06. The van der Waals surface area contributed by atoms with Gasteiger partial charge in [-0.3, -0.25) is 4.79 Å². The average Bonchev–Trinajstić information content (AvgIpc) is 2.63. The Morgan fingerprint density at radius 2 is 2.50 bits per heavy atom. The van der Waals surface area contributed by atoms with Crippen LogP contribution in [0.3, 0.4) is 0 Å². The minimum Gasteiger partial charge on any atom is -0.397 e. The van der Waals surface area contributed by atoms with Crippen molar-refractivity contribution in [2.45, 2.75) is 18.9 Å². The van der Waals surface area contributed by atoms with Gasteiger partial charge in [-0.25, -0.2) is 4.98 Å². The number of amides is 1. The topological polar surface area (TPSA) is 80.0 Å². The number of nitrogens with two attached hydrogens (primary N) is 1. The molecule has 1 aliphatic heterocycles. The van der Waals surface area contributed by atoms with E-state index in [1.807, 2.05) is 0 Å². The zero-order chi connectivity index (χ0) is 11.5. The first-order valence-electron chi connectivity index (χ1n) is 5.09. The molecule has 2 heterocycles. The van der Waals surface area contributed by atoms with Gasteiger partial charge in [0, 0.05) is 19.0 Å². The van der Waals surface area contributed by atoms with Gasteiger partial charge in [-0.05, 0) is 12.5 Å². The van der Waals surface area contributed by atoms with Gasteiger partial charge in [0.1, 0.15) is 5.82 Å². The maximum Gasteiger partial charge on any atom is 0.220 e. The van der Waals surface area contributed by atoms with E-state index in [-0.39, 0.29) is 11.9 Å². The molecule has 2 rings (SSSR count). The van der Waals surface area contributed by atoms with Crippen LogP contribution in [0.2, 0.25) is 5.02 Å². The summed E-state index contributed by atoms with van der Waals surface area (Å²) in [6.45, 7) is 0.627. The van der Waals surface area contributed by atoms with Crippen molar-refractivity contribution in [3.8, 4) is 0 Å². The summed E-state index contributed by atoms with van der Waals surface area (Å²) in [7, 11) is 0. The first-order valence-corrected chi connectivity index (χ1v) is 5.47. The van der Waals surface area contributed by atoms with Gasteiger partial charge in [0.15, 0.2) is 0 Å². The predicted molar refractivity (Wildman–Crippen MR) is 63.3 cm³/mol. The van der Waals surface area contributed by atoms with Crippen LogP contribution < -0.4 is 16.4 Å². The second-order valence-electron chi connectivity index (χ2n) is 3.78. The summed E-state index contributed by atoms with van der Waals surface area (Å²) in [5, 5.41) is 6.44. The largest absolute Gasteiger partial charge is 0.397 e. The van der Waals surface area contributed by atoms with E-state index < -0.39 is 0 Å². The van der Waals surface area contributed by atoms with Crippen LogP contribution in [0.5, 0.6) is 0 Å². The van der Waals surface area contributed by atoms with Gasteiger partial charge in [0.25, 0.3) is 0 Å². The number of rotatable bonds is 3. The highest BCUT2D eigenvalue weighted by Crippen LogP contribution is 2.21. The fourth-order valence-electron chi connectivity index (χ4n) is 1.63. The van der Waals surface area contributed by atoms with Crippen LogP contribution >= 0.6 is 11.6 Å². The van der Waals surface area contributed by atoms with E-state index in [2.05, 4.69) is 15.6 Å². The zero-order valence-corrected chi connectivity index (χ0v) is 9.42. The molecule has 0 bridgehead atoms. The summed E-state index contributed by atoms with van der Waals surface area (Å²) >= 11 is 5.95. The van der Waals surface area contributed by atoms with E-state index in [4.69, 9.17) is 17.3 Å². The summed E-state index contributed by atoms with van der Waals surface area (Å²) in [4.78, 5) is 15.1. The fourth-order valence-corrected chi connectivity index (χ4v) is 1.87. The molecule has 0 spiro atoms. The maximum atomic E-state index is 11.0. The number of pyridine rings is 1. The number of carbonyl (C=O) groups is 1. The van der Waals surface area contributed by atoms with Crippen molar-refractivity contribution < 1.29 is 4.79 Å². The predicted octanol–water partition coefficient (Wildman–Crippen LogP) is 1.01. The van der Waals surface area contributed by atoms with Gasteiger partial charge < -0.3 is 16.4 Å². The van der Waals surface area contributed by atoms with Crippen LogP contribution in [0.15, 0.2) is 12.3 Å². The number of hydrogen-bond acceptors (Lipinski definition) is 4. The van der Waals surface area contributed by atoms with Crippen molar-refractivity contribution in [3.63, 3.8) is 0 Å². The summed E-state index contributed by atoms with van der Waals surface area (Å²) < 4.78 is 0. The molecule has 5 nitrogen and oxygen atoms in total. The average molecular weight is 241 g/mol. The van der Waals surface area contributed by atoms with Crippen molar-refractivity contribution in [3.05, 3.63) is 17.3 Å². The molecule has 0 saturated carbocycles. The smallest absolute Gasteiger partial charge is 0.220 e. The molecule has 1 aliphatic rings. The van der Waals surface area contributed by atoms with Gasteiger partial charge in [0.05, 0.1) is 16.9 Å². The van der Waals surface area contributed by atoms with Crippen LogP contribution in [0.25, 0.3) is 0 Å². The van der Waals surface area contributed by atoms with Crippen LogP contribution in [-0.2, 0) is 4.79 Å². The van der Waals surface area contributed by atoms with Crippen molar-refractivity contribution in [1.82, 2.24) is 10.3 Å². The fraction of sp³-hybridized carbons (Fsp3) is 0.400. The molecule has 1 saturated heterocycles. The number of hydrogen-bond donors (Lipinski definition) is 3. The van der Waals surface area contributed by atoms with Crippen molar-refractivity contribution in [2.24, 2.45) is 0 Å². The molecule has 1 amide bonds. The van der Waals surface area contributed by atoms with E-state index in [1.54, 1.807) is 12.3 Å². The number of nitrogen functional groups attached to an aromatic ring is 1. The van der Waals surface area contributed by atoms with E-state index in [0.29, 0.717) is 29.5 Å². The van der Waals surface area contributed by atoms with Crippen LogP contribution in [0, 0.1) is 0 Å². The first-order chi connectivity index (χ1) is 7.65. The lowest BCUT2D eigenvalue weighted by Crippen LogP contribution is -2.32. The molecule has 1 aromatic rings. The molecule has 86 valence electrons. The molecule has 0 radical (unpaired) electrons. The Kier molecular flexibility index (Phi) is 3.14. The quantitative estimate of drug-likeness (QED) is 0.737. The number of aromatic nitrogens is 1. The highest BCUT2D eigenvalue weighted by molar-refractivity contribution is 6.33. The summed E-state index contributed by atoms with van der Waals surface area (Å²) in [6.07, 6.45) is 2.98. The second-order valence-corrected chi connectivity index (χ2v) is 4.19. The van der Waals surface area contributed by atoms with Crippen molar-refractivity contribution in [2.75, 3.05) is 17.6 Å². The Bertz CT molecular complexity index is 410. The SMILES string of the molecule is Nc1cnc(NCC2CCC(=O)N2)c(Cl)c1. The van der Waals surface area contributed by atoms with E-state index in [9.17, 15) is 4.79 Å². The highest BCUT2D eigenvalue weighted by Gasteiger charge is 2.20. The Morgan fingerprint density at radius 1 is 1.69 bits per heavy atom. The van der Waals surface area contributed by atoms with Gasteiger partial charge in [0.2, 0.25) is 5.91 Å². The minimum atomic E-state index is 0.100. The molecule has 16 heavy (non-hydrogen) atoms. The van der Waals surface area contributed by atoms with Crippen molar-refractivity contribution in [1.29, 1.82) is 0 Å². The first kappa shape index (κ1) is 11.0. The maximum absolute atomic E-state index is 11.0. The third-order valence-corrected chi connectivity index (χ3v) is 2.75. The molecule has 1 fully saturated rings. The molecular weight excluding hydrogens is 228 g/mol. The summed E-state index contributed by atoms with van der Waals surface area (Å²) in [6, 6.07) is 1.80. The van der Waals surface area contributed by atoms with E-state index >= 15 is 0 Å². The third kappa shape index (κ3) is 2.55. The monoisotopic (exact) mass is 240 g/mol. The number of carbonyl (C=O) groups excluding carboxylic acids is 1.